The van der Waals surface area contributed by atoms with Crippen LogP contribution in [-0.2, 0) is 11.8 Å². The van der Waals surface area contributed by atoms with Crippen molar-refractivity contribution in [2.24, 2.45) is 13.0 Å². The molecule has 5 rings (SSSR count). The average molecular weight is 623 g/mol. The van der Waals surface area contributed by atoms with Gasteiger partial charge in [-0.15, -0.1) is 10.2 Å². The second-order valence-electron chi connectivity index (χ2n) is 11.8. The number of carbonyl (C=O) groups is 3. The van der Waals surface area contributed by atoms with E-state index in [1.165, 1.54) is 23.9 Å². The number of nitrogens with zero attached hydrogens (tertiary/aromatic N) is 6. The van der Waals surface area contributed by atoms with Gasteiger partial charge >= 0.3 is 0 Å². The predicted octanol–water partition coefficient (Wildman–Crippen LogP) is 1.13. The first-order valence-electron chi connectivity index (χ1n) is 14.8. The summed E-state index contributed by atoms with van der Waals surface area (Å²) in [4.78, 5) is 42.8. The van der Waals surface area contributed by atoms with E-state index in [0.29, 0.717) is 24.8 Å². The molecule has 13 nitrogen and oxygen atoms in total. The van der Waals surface area contributed by atoms with Gasteiger partial charge in [-0.2, -0.15) is 5.10 Å². The number of methoxy groups -OCH3 is 1. The van der Waals surface area contributed by atoms with E-state index in [0.717, 1.165) is 31.7 Å². The first-order valence-corrected chi connectivity index (χ1v) is 14.8. The van der Waals surface area contributed by atoms with Gasteiger partial charge in [0.15, 0.2) is 17.3 Å². The van der Waals surface area contributed by atoms with Crippen molar-refractivity contribution >= 4 is 58.5 Å². The Labute approximate surface area is 270 Å². The molecule has 3 N–H and O–H groups in total. The molecule has 1 aromatic carbocycles. The number of hydrogen-bond acceptors (Lipinski definition) is 9. The quantitative estimate of drug-likeness (QED) is 0.283. The Bertz CT molecular complexity index is 1650. The lowest BCUT2D eigenvalue weighted by molar-refractivity contribution is -0.117. The van der Waals surface area contributed by atoms with Gasteiger partial charge in [0.1, 0.15) is 11.5 Å². The van der Waals surface area contributed by atoms with Gasteiger partial charge in [-0.05, 0) is 51.9 Å². The van der Waals surface area contributed by atoms with Crippen LogP contribution in [0.25, 0.3) is 11.3 Å². The maximum Gasteiger partial charge on any atom is 0.272 e. The highest BCUT2D eigenvalue weighted by Crippen LogP contribution is 2.39. The second kappa shape index (κ2) is 13.1. The van der Waals surface area contributed by atoms with Crippen molar-refractivity contribution in [1.29, 1.82) is 0 Å². The third-order valence-corrected chi connectivity index (χ3v) is 7.92. The predicted molar refractivity (Wildman–Crippen MR) is 172 cm³/mol. The molecule has 3 aromatic rings. The van der Waals surface area contributed by atoms with Gasteiger partial charge in [-0.25, -0.2) is 4.39 Å². The monoisotopic (exact) mass is 623 g/mol. The lowest BCUT2D eigenvalue weighted by Crippen LogP contribution is -2.50. The van der Waals surface area contributed by atoms with Crippen LogP contribution in [0.1, 0.15) is 46.7 Å². The molecular weight excluding hydrogens is 590 g/mol. The second-order valence-corrected chi connectivity index (χ2v) is 11.8. The van der Waals surface area contributed by atoms with E-state index in [4.69, 9.17) is 28.3 Å². The minimum absolute atomic E-state index is 0.00992. The molecule has 1 aliphatic heterocycles. The number of nitrogens with one attached hydrogen (secondary N) is 3. The standard InChI is InChI=1S/C29H33B3FN9O4/c1-40(2)17-7-9-42(10-8-17)28(45)22-13-19(39-41(22)3)18-11-16(33)12-21(25(18)46-4)34-20-14-23(35-26(43)15-5-6-15)37-38-24(20)27(44)36-29(30,31)32/h11-15,17H,5-10H2,1-4H3,(H,36,44)(H2,34,35,37,43). The molecule has 2 fully saturated rings. The van der Waals surface area contributed by atoms with E-state index in [-0.39, 0.29) is 57.6 Å². The summed E-state index contributed by atoms with van der Waals surface area (Å²) in [5.74, 6) is -1.89. The van der Waals surface area contributed by atoms with Gasteiger partial charge in [0, 0.05) is 49.8 Å². The molecule has 0 unspecified atom stereocenters. The Balaban J connectivity index is 1.48. The number of hydrogen-bond donors (Lipinski definition) is 3. The molecular formula is C29H33B3FN9O4. The van der Waals surface area contributed by atoms with Gasteiger partial charge in [0.05, 0.1) is 47.7 Å². The van der Waals surface area contributed by atoms with Crippen molar-refractivity contribution in [3.05, 3.63) is 41.5 Å². The van der Waals surface area contributed by atoms with E-state index in [2.05, 4.69) is 36.1 Å². The summed E-state index contributed by atoms with van der Waals surface area (Å²) in [6.07, 6.45) is 3.23. The molecule has 46 heavy (non-hydrogen) atoms. The molecule has 2 aromatic heterocycles. The number of ether oxygens (including phenoxy) is 1. The van der Waals surface area contributed by atoms with Crippen LogP contribution in [0.5, 0.6) is 5.75 Å². The van der Waals surface area contributed by atoms with Gasteiger partial charge in [-0.3, -0.25) is 19.1 Å². The maximum absolute atomic E-state index is 15.2. The highest BCUT2D eigenvalue weighted by Gasteiger charge is 2.31. The van der Waals surface area contributed by atoms with Crippen molar-refractivity contribution in [1.82, 2.24) is 35.1 Å². The number of carbonyl (C=O) groups excluding carboxylic acids is 3. The average Bonchev–Trinajstić information content (AvgIpc) is 3.77. The molecule has 6 radical (unpaired) electrons. The van der Waals surface area contributed by atoms with Crippen molar-refractivity contribution in [3.8, 4) is 17.0 Å². The third-order valence-electron chi connectivity index (χ3n) is 7.92. The number of aryl methyl sites for hydroxylation is 1. The van der Waals surface area contributed by atoms with Crippen LogP contribution in [-0.4, -0.2) is 117 Å². The van der Waals surface area contributed by atoms with Gasteiger partial charge in [0.2, 0.25) is 5.91 Å². The molecule has 3 amide bonds. The number of halogens is 1. The van der Waals surface area contributed by atoms with Crippen LogP contribution in [0, 0.1) is 11.7 Å². The van der Waals surface area contributed by atoms with Gasteiger partial charge < -0.3 is 30.5 Å². The molecule has 0 bridgehead atoms. The molecule has 1 aliphatic carbocycles. The Morgan fingerprint density at radius 1 is 1.02 bits per heavy atom. The highest BCUT2D eigenvalue weighted by atomic mass is 19.1. The molecule has 234 valence electrons. The van der Waals surface area contributed by atoms with Crippen LogP contribution < -0.4 is 20.7 Å². The van der Waals surface area contributed by atoms with Crippen molar-refractivity contribution in [3.63, 3.8) is 0 Å². The number of anilines is 3. The third kappa shape index (κ3) is 7.52. The SMILES string of the molecule is [B]C([B])([B])NC(=O)c1nnc(NC(=O)C2CC2)cc1Nc1cc(F)cc(-c2cc(C(=O)N3CCC(N(C)C)CC3)n(C)n2)c1OC. The van der Waals surface area contributed by atoms with Crippen LogP contribution >= 0.6 is 0 Å². The minimum atomic E-state index is -2.07. The zero-order valence-electron chi connectivity index (χ0n) is 26.1. The van der Waals surface area contributed by atoms with Crippen LogP contribution in [0.15, 0.2) is 24.3 Å². The first kappa shape index (κ1) is 33.0. The van der Waals surface area contributed by atoms with E-state index < -0.39 is 17.0 Å². The number of amides is 3. The topological polar surface area (TPSA) is 147 Å². The molecule has 2 aliphatic rings. The van der Waals surface area contributed by atoms with E-state index in [1.54, 1.807) is 18.0 Å². The fraction of sp³-hybridized carbons (Fsp3) is 0.448. The molecule has 3 heterocycles. The summed E-state index contributed by atoms with van der Waals surface area (Å²) in [6, 6.07) is 5.73. The number of benzene rings is 1. The van der Waals surface area contributed by atoms with Gasteiger partial charge in [0.25, 0.3) is 11.8 Å². The first-order chi connectivity index (χ1) is 21.7. The van der Waals surface area contributed by atoms with Crippen molar-refractivity contribution in [2.45, 2.75) is 37.0 Å². The Morgan fingerprint density at radius 3 is 2.33 bits per heavy atom. The van der Waals surface area contributed by atoms with E-state index >= 15 is 4.39 Å². The Kier molecular flexibility index (Phi) is 9.43. The summed E-state index contributed by atoms with van der Waals surface area (Å²) in [6.45, 7) is 1.22. The van der Waals surface area contributed by atoms with Crippen LogP contribution in [0.4, 0.5) is 21.6 Å². The zero-order chi connectivity index (χ0) is 33.3. The summed E-state index contributed by atoms with van der Waals surface area (Å²) in [5, 5.41) is 18.1. The lowest BCUT2D eigenvalue weighted by atomic mass is 9.49. The lowest BCUT2D eigenvalue weighted by Gasteiger charge is -2.35. The summed E-state index contributed by atoms with van der Waals surface area (Å²) in [7, 11) is 23.8. The molecule has 0 spiro atoms. The Hall–Kier alpha value is -4.40. The van der Waals surface area contributed by atoms with Gasteiger partial charge in [-0.1, -0.05) is 5.24 Å². The largest absolute Gasteiger partial charge is 0.494 e. The van der Waals surface area contributed by atoms with E-state index in [1.807, 2.05) is 14.1 Å². The maximum atomic E-state index is 15.2. The highest BCUT2D eigenvalue weighted by molar-refractivity contribution is 6.60. The summed E-state index contributed by atoms with van der Waals surface area (Å²) < 4.78 is 22.3. The zero-order valence-corrected chi connectivity index (χ0v) is 26.1. The van der Waals surface area contributed by atoms with Crippen molar-refractivity contribution < 1.29 is 23.5 Å². The smallest absolute Gasteiger partial charge is 0.272 e. The van der Waals surface area contributed by atoms with Crippen molar-refractivity contribution in [2.75, 3.05) is 44.9 Å². The molecule has 0 atom stereocenters. The van der Waals surface area contributed by atoms with Crippen LogP contribution in [0.2, 0.25) is 0 Å². The summed E-state index contributed by atoms with van der Waals surface area (Å²) in [5.41, 5.74) is 0.661. The molecule has 1 saturated heterocycles. The number of piperidine rings is 1. The summed E-state index contributed by atoms with van der Waals surface area (Å²) >= 11 is 0. The fourth-order valence-electron chi connectivity index (χ4n) is 5.33. The Morgan fingerprint density at radius 2 is 1.72 bits per heavy atom. The number of aromatic nitrogens is 4. The van der Waals surface area contributed by atoms with E-state index in [9.17, 15) is 14.4 Å². The fourth-order valence-corrected chi connectivity index (χ4v) is 5.33. The number of likely N-dealkylation sites (tertiary alicyclic amines) is 1. The van der Waals surface area contributed by atoms with Crippen LogP contribution in [0.3, 0.4) is 0 Å². The number of rotatable bonds is 10. The molecule has 1 saturated carbocycles. The minimum Gasteiger partial charge on any atom is -0.494 e. The normalized spacial score (nSPS) is 15.5. The molecule has 17 heteroatoms.